The molecule has 0 bridgehead atoms. The van der Waals surface area contributed by atoms with Crippen molar-refractivity contribution in [3.63, 3.8) is 0 Å². The van der Waals surface area contributed by atoms with Gasteiger partial charge in [0.15, 0.2) is 24.1 Å². The van der Waals surface area contributed by atoms with Crippen LogP contribution in [-0.4, -0.2) is 75.9 Å². The molecule has 3 saturated heterocycles. The van der Waals surface area contributed by atoms with Crippen molar-refractivity contribution < 1.29 is 52.5 Å². The Morgan fingerprint density at radius 1 is 0.978 bits per heavy atom. The summed E-state index contributed by atoms with van der Waals surface area (Å²) in [5.41, 5.74) is 9.87. The number of ether oxygens (including phenoxy) is 9. The number of esters is 1. The van der Waals surface area contributed by atoms with Crippen molar-refractivity contribution in [2.45, 2.75) is 55.9 Å². The summed E-state index contributed by atoms with van der Waals surface area (Å²) >= 11 is 1.51. The molecule has 5 heterocycles. The van der Waals surface area contributed by atoms with E-state index >= 15 is 0 Å². The predicted octanol–water partition coefficient (Wildman–Crippen LogP) is 3.32. The number of thiophene rings is 1. The molecule has 0 radical (unpaired) electrons. The number of carbonyl (C=O) groups is 1. The van der Waals surface area contributed by atoms with Crippen LogP contribution in [0.3, 0.4) is 0 Å². The molecule has 1 aliphatic carbocycles. The minimum Gasteiger partial charge on any atom is -0.496 e. The molecule has 8 rings (SSSR count). The van der Waals surface area contributed by atoms with Crippen molar-refractivity contribution in [3.8, 4) is 23.0 Å². The summed E-state index contributed by atoms with van der Waals surface area (Å²) in [4.78, 5) is 14.5. The van der Waals surface area contributed by atoms with Gasteiger partial charge in [-0.05, 0) is 59.3 Å². The number of nitrogens with two attached hydrogens (primary N) is 1. The molecule has 1 aromatic heterocycles. The molecule has 5 aliphatic rings. The van der Waals surface area contributed by atoms with Crippen LogP contribution in [0.25, 0.3) is 0 Å². The molecule has 0 spiro atoms. The van der Waals surface area contributed by atoms with Crippen molar-refractivity contribution in [2.24, 2.45) is 17.6 Å². The number of benzene rings is 2. The Morgan fingerprint density at radius 3 is 2.41 bits per heavy atom. The number of hydrogen-bond acceptors (Lipinski definition) is 13. The standard InChI is InChI=1S/C33H35NO11S/c1-14-19(37-2)7-15(8-20(14)38-3)25-16-9-21-22(42-13-41-21)10-17(16)29(18-11-39-31(36)26(18)25)44-33-27(34)28(35)30-23(43-33)12-40-32(45-30)24-5-4-6-46-24/h4-10,18,23,25-30,32-33,35H,11-13,34H2,1-3H3/t18-,23?,25+,26-,27?,28?,29+,30?,32?,33?/m0/s1. The summed E-state index contributed by atoms with van der Waals surface area (Å²) in [5.74, 6) is 0.626. The van der Waals surface area contributed by atoms with Crippen molar-refractivity contribution in [3.05, 3.63) is 68.9 Å². The fraction of sp³-hybridized carbons (Fsp3) is 0.485. The van der Waals surface area contributed by atoms with Crippen LogP contribution in [0.4, 0.5) is 0 Å². The van der Waals surface area contributed by atoms with E-state index in [1.807, 2.05) is 48.7 Å². The fourth-order valence-electron chi connectivity index (χ4n) is 7.42. The second kappa shape index (κ2) is 11.7. The minimum absolute atomic E-state index is 0.0772. The lowest BCUT2D eigenvalue weighted by atomic mass is 9.66. The Hall–Kier alpha value is -3.43. The highest BCUT2D eigenvalue weighted by molar-refractivity contribution is 7.10. The number of carbonyl (C=O) groups excluding carboxylic acids is 1. The van der Waals surface area contributed by atoms with Crippen LogP contribution in [-0.2, 0) is 28.5 Å². The average Bonchev–Trinajstić information content (AvgIpc) is 3.85. The van der Waals surface area contributed by atoms with Gasteiger partial charge in [0, 0.05) is 17.4 Å². The van der Waals surface area contributed by atoms with Crippen LogP contribution < -0.4 is 24.7 Å². The highest BCUT2D eigenvalue weighted by Crippen LogP contribution is 2.56. The Labute approximate surface area is 269 Å². The summed E-state index contributed by atoms with van der Waals surface area (Å²) in [5, 5.41) is 13.3. The first-order chi connectivity index (χ1) is 22.4. The maximum Gasteiger partial charge on any atom is 0.310 e. The number of aliphatic hydroxyl groups excluding tert-OH is 1. The minimum atomic E-state index is -1.09. The van der Waals surface area contributed by atoms with E-state index in [-0.39, 0.29) is 26.0 Å². The third kappa shape index (κ3) is 4.76. The van der Waals surface area contributed by atoms with Crippen LogP contribution in [0.1, 0.15) is 45.4 Å². The summed E-state index contributed by atoms with van der Waals surface area (Å²) in [7, 11) is 3.21. The van der Waals surface area contributed by atoms with Gasteiger partial charge < -0.3 is 53.5 Å². The van der Waals surface area contributed by atoms with Crippen LogP contribution in [0.15, 0.2) is 41.8 Å². The molecular formula is C33H35NO11S. The molecule has 0 saturated carbocycles. The summed E-state index contributed by atoms with van der Waals surface area (Å²) in [6.07, 6.45) is -4.74. The first kappa shape index (κ1) is 29.9. The van der Waals surface area contributed by atoms with Gasteiger partial charge in [-0.25, -0.2) is 0 Å². The fourth-order valence-corrected chi connectivity index (χ4v) is 8.13. The average molecular weight is 654 g/mol. The molecule has 12 nitrogen and oxygen atoms in total. The van der Waals surface area contributed by atoms with Crippen molar-refractivity contribution in [2.75, 3.05) is 34.2 Å². The third-order valence-electron chi connectivity index (χ3n) is 9.72. The topological polar surface area (TPSA) is 146 Å². The summed E-state index contributed by atoms with van der Waals surface area (Å²) in [6, 6.07) is 10.6. The number of aliphatic hydroxyl groups is 1. The first-order valence-electron chi connectivity index (χ1n) is 15.2. The van der Waals surface area contributed by atoms with Crippen LogP contribution in [0, 0.1) is 18.8 Å². The van der Waals surface area contributed by atoms with Crippen LogP contribution in [0.2, 0.25) is 0 Å². The molecule has 46 heavy (non-hydrogen) atoms. The van der Waals surface area contributed by atoms with Crippen molar-refractivity contribution in [1.82, 2.24) is 0 Å². The van der Waals surface area contributed by atoms with Crippen LogP contribution in [0.5, 0.6) is 23.0 Å². The zero-order chi connectivity index (χ0) is 31.7. The molecule has 4 aliphatic heterocycles. The Bertz CT molecular complexity index is 1600. The maximum atomic E-state index is 13.6. The second-order valence-corrected chi connectivity index (χ2v) is 13.1. The number of methoxy groups -OCH3 is 2. The SMILES string of the molecule is COc1cc([C@@H]2c3cc4c(cc3[C@@H](OC3OC5COC(c6cccs6)OC5C(O)C3N)[C@H]3COC(=O)[C@H]23)OCO4)cc(OC)c1C. The number of hydrogen-bond donors (Lipinski definition) is 2. The quantitative estimate of drug-likeness (QED) is 0.377. The molecule has 3 N–H and O–H groups in total. The molecular weight excluding hydrogens is 618 g/mol. The van der Waals surface area contributed by atoms with Gasteiger partial charge in [0.25, 0.3) is 0 Å². The zero-order valence-corrected chi connectivity index (χ0v) is 26.3. The van der Waals surface area contributed by atoms with Gasteiger partial charge in [0.05, 0.1) is 50.4 Å². The molecule has 6 unspecified atom stereocenters. The third-order valence-corrected chi connectivity index (χ3v) is 10.6. The van der Waals surface area contributed by atoms with E-state index in [0.29, 0.717) is 23.0 Å². The Kier molecular flexibility index (Phi) is 7.60. The van der Waals surface area contributed by atoms with E-state index in [0.717, 1.165) is 27.1 Å². The van der Waals surface area contributed by atoms with Gasteiger partial charge in [-0.3, -0.25) is 4.79 Å². The van der Waals surface area contributed by atoms with Gasteiger partial charge >= 0.3 is 5.97 Å². The molecule has 2 aromatic carbocycles. The second-order valence-electron chi connectivity index (χ2n) is 12.1. The molecule has 244 valence electrons. The van der Waals surface area contributed by atoms with E-state index in [1.165, 1.54) is 11.3 Å². The molecule has 13 heteroatoms. The van der Waals surface area contributed by atoms with Crippen molar-refractivity contribution in [1.29, 1.82) is 0 Å². The summed E-state index contributed by atoms with van der Waals surface area (Å²) in [6.45, 7) is 2.31. The van der Waals surface area contributed by atoms with E-state index in [2.05, 4.69) is 0 Å². The Balaban J connectivity index is 1.16. The maximum absolute atomic E-state index is 13.6. The van der Waals surface area contributed by atoms with Gasteiger partial charge in [-0.15, -0.1) is 11.3 Å². The summed E-state index contributed by atoms with van der Waals surface area (Å²) < 4.78 is 53.8. The Morgan fingerprint density at radius 2 is 1.72 bits per heavy atom. The predicted molar refractivity (Wildman–Crippen MR) is 161 cm³/mol. The van der Waals surface area contributed by atoms with E-state index in [1.54, 1.807) is 14.2 Å². The number of cyclic esters (lactones) is 1. The normalized spacial score (nSPS) is 34.3. The highest BCUT2D eigenvalue weighted by Gasteiger charge is 2.56. The molecule has 10 atom stereocenters. The van der Waals surface area contributed by atoms with Gasteiger partial charge in [0.2, 0.25) is 6.79 Å². The first-order valence-corrected chi connectivity index (χ1v) is 16.1. The van der Waals surface area contributed by atoms with E-state index < -0.39 is 60.8 Å². The van der Waals surface area contributed by atoms with Crippen LogP contribution >= 0.6 is 11.3 Å². The van der Waals surface area contributed by atoms with E-state index in [4.69, 9.17) is 48.4 Å². The number of rotatable bonds is 6. The van der Waals surface area contributed by atoms with Gasteiger partial charge in [0.1, 0.15) is 29.8 Å². The lowest BCUT2D eigenvalue weighted by Crippen LogP contribution is -2.65. The number of fused-ring (bicyclic) bond motifs is 4. The lowest BCUT2D eigenvalue weighted by molar-refractivity contribution is -0.349. The molecule has 0 amide bonds. The largest absolute Gasteiger partial charge is 0.496 e. The molecule has 3 aromatic rings. The lowest BCUT2D eigenvalue weighted by Gasteiger charge is -2.48. The van der Waals surface area contributed by atoms with Gasteiger partial charge in [-0.2, -0.15) is 0 Å². The highest BCUT2D eigenvalue weighted by atomic mass is 32.1. The monoisotopic (exact) mass is 653 g/mol. The van der Waals surface area contributed by atoms with E-state index in [9.17, 15) is 9.90 Å². The van der Waals surface area contributed by atoms with Crippen molar-refractivity contribution >= 4 is 17.3 Å². The van der Waals surface area contributed by atoms with Gasteiger partial charge in [-0.1, -0.05) is 6.07 Å². The smallest absolute Gasteiger partial charge is 0.310 e. The zero-order valence-electron chi connectivity index (χ0n) is 25.5. The molecule has 3 fully saturated rings.